The third-order valence-corrected chi connectivity index (χ3v) is 8.29. The molecule has 3 saturated carbocycles. The van der Waals surface area contributed by atoms with Crippen LogP contribution in [0.3, 0.4) is 0 Å². The van der Waals surface area contributed by atoms with Crippen molar-refractivity contribution in [2.45, 2.75) is 238 Å². The molecule has 3 rings (SSSR count). The molecule has 0 amide bonds. The van der Waals surface area contributed by atoms with Crippen LogP contribution in [-0.2, 0) is 63.2 Å². The standard InChI is InChI=1S/3C7H14.2C5H12.2C2H6.6CH4.3Pt/c3*1-6-4-3-5-7(6)2;2*1-3-5-4-2;2*1-2;;;;;;;;;/h3*6-7H,3-5H2,1-2H3;2*3-5H2,1-2H3;2*1-2H3;6*1H4;;;. The van der Waals surface area contributed by atoms with Gasteiger partial charge in [-0.05, 0) is 35.5 Å². The molecule has 44 heavy (non-hydrogen) atoms. The average Bonchev–Trinajstić information content (AvgIpc) is 3.56. The summed E-state index contributed by atoms with van der Waals surface area (Å²) in [5.74, 6) is 6.08. The molecule has 0 aromatic carbocycles. The Morgan fingerprint density at radius 3 is 0.455 bits per heavy atom. The summed E-state index contributed by atoms with van der Waals surface area (Å²) in [4.78, 5) is 0. The molecule has 0 aromatic heterocycles. The molecule has 0 bridgehead atoms. The summed E-state index contributed by atoms with van der Waals surface area (Å²) in [5.41, 5.74) is 0. The molecule has 296 valence electrons. The minimum Gasteiger partial charge on any atom is -0.0776 e. The SMILES string of the molecule is C.C.C.C.C.C.CC.CC.CC1CCCC1C.CC1CCCC1C.CC1CCCC1C.CCCCC.CCCCC.[Pt].[Pt].[Pt]. The van der Waals surface area contributed by atoms with E-state index in [2.05, 4.69) is 69.2 Å². The molecule has 0 aromatic rings. The predicted molar refractivity (Wildman–Crippen MR) is 210 cm³/mol. The van der Waals surface area contributed by atoms with Gasteiger partial charge in [0.1, 0.15) is 0 Å². The molecule has 0 radical (unpaired) electrons. The fourth-order valence-corrected chi connectivity index (χ4v) is 4.70. The van der Waals surface area contributed by atoms with Crippen LogP contribution in [0.15, 0.2) is 0 Å². The summed E-state index contributed by atoms with van der Waals surface area (Å²) in [6.45, 7) is 31.0. The van der Waals surface area contributed by atoms with Gasteiger partial charge in [0.15, 0.2) is 0 Å². The largest absolute Gasteiger partial charge is 0.0776 e. The molecule has 6 atom stereocenters. The molecular formula is C41H102Pt3. The van der Waals surface area contributed by atoms with E-state index in [1.165, 1.54) is 96.3 Å². The molecule has 3 fully saturated rings. The molecule has 0 nitrogen and oxygen atoms in total. The zero-order valence-corrected chi connectivity index (χ0v) is 35.8. The Morgan fingerprint density at radius 1 is 0.318 bits per heavy atom. The van der Waals surface area contributed by atoms with E-state index < -0.39 is 0 Å². The van der Waals surface area contributed by atoms with Crippen LogP contribution in [0.25, 0.3) is 0 Å². The third kappa shape index (κ3) is 62.8. The summed E-state index contributed by atoms with van der Waals surface area (Å²) in [6.07, 6.45) is 21.4. The van der Waals surface area contributed by atoms with E-state index in [4.69, 9.17) is 0 Å². The zero-order chi connectivity index (χ0) is 28.1. The fraction of sp³-hybridized carbons (Fsp3) is 1.00. The summed E-state index contributed by atoms with van der Waals surface area (Å²) in [6, 6.07) is 0. The maximum atomic E-state index is 2.36. The fourth-order valence-electron chi connectivity index (χ4n) is 4.70. The van der Waals surface area contributed by atoms with Crippen LogP contribution in [0.5, 0.6) is 0 Å². The van der Waals surface area contributed by atoms with Crippen LogP contribution in [-0.4, -0.2) is 0 Å². The maximum absolute atomic E-state index is 2.36. The van der Waals surface area contributed by atoms with E-state index in [9.17, 15) is 0 Å². The molecule has 0 aliphatic heterocycles. The van der Waals surface area contributed by atoms with E-state index in [1.807, 2.05) is 27.7 Å². The topological polar surface area (TPSA) is 0 Å². The first-order valence-corrected chi connectivity index (χ1v) is 16.7. The second kappa shape index (κ2) is 71.2. The van der Waals surface area contributed by atoms with Gasteiger partial charge < -0.3 is 0 Å². The van der Waals surface area contributed by atoms with Crippen LogP contribution in [0.1, 0.15) is 238 Å². The predicted octanol–water partition coefficient (Wildman–Crippen LogP) is 17.6. The van der Waals surface area contributed by atoms with Gasteiger partial charge in [-0.3, -0.25) is 0 Å². The van der Waals surface area contributed by atoms with Crippen molar-refractivity contribution >= 4 is 0 Å². The molecular weight excluding hydrogens is 1080 g/mol. The second-order valence-corrected chi connectivity index (χ2v) is 11.4. The van der Waals surface area contributed by atoms with Crippen LogP contribution < -0.4 is 0 Å². The van der Waals surface area contributed by atoms with Gasteiger partial charge in [0, 0.05) is 63.2 Å². The quantitative estimate of drug-likeness (QED) is 0.263. The summed E-state index contributed by atoms with van der Waals surface area (Å²) < 4.78 is 0. The van der Waals surface area contributed by atoms with E-state index >= 15 is 0 Å². The van der Waals surface area contributed by atoms with E-state index in [0.29, 0.717) is 0 Å². The first-order valence-electron chi connectivity index (χ1n) is 16.7. The van der Waals surface area contributed by atoms with Crippen molar-refractivity contribution in [1.82, 2.24) is 0 Å². The molecule has 0 saturated heterocycles. The van der Waals surface area contributed by atoms with Crippen molar-refractivity contribution in [1.29, 1.82) is 0 Å². The minimum absolute atomic E-state index is 0. The Bertz CT molecular complexity index is 272. The first kappa shape index (κ1) is 85.6. The molecule has 0 spiro atoms. The zero-order valence-electron chi connectivity index (χ0n) is 29.0. The Labute approximate surface area is 334 Å². The molecule has 3 heteroatoms. The van der Waals surface area contributed by atoms with Gasteiger partial charge in [-0.1, -0.05) is 238 Å². The van der Waals surface area contributed by atoms with Gasteiger partial charge in [-0.25, -0.2) is 0 Å². The van der Waals surface area contributed by atoms with Gasteiger partial charge in [-0.15, -0.1) is 0 Å². The van der Waals surface area contributed by atoms with Gasteiger partial charge in [0.25, 0.3) is 0 Å². The molecule has 3 aliphatic carbocycles. The number of hydrogen-bond acceptors (Lipinski definition) is 0. The van der Waals surface area contributed by atoms with Crippen LogP contribution in [0.4, 0.5) is 0 Å². The normalized spacial score (nSPS) is 22.2. The summed E-state index contributed by atoms with van der Waals surface area (Å²) in [7, 11) is 0. The minimum atomic E-state index is 0. The molecule has 6 unspecified atom stereocenters. The third-order valence-electron chi connectivity index (χ3n) is 8.29. The van der Waals surface area contributed by atoms with Gasteiger partial charge in [-0.2, -0.15) is 0 Å². The number of unbranched alkanes of at least 4 members (excludes halogenated alkanes) is 4. The van der Waals surface area contributed by atoms with Gasteiger partial charge in [0.05, 0.1) is 0 Å². The average molecular weight is 1180 g/mol. The van der Waals surface area contributed by atoms with E-state index in [0.717, 1.165) is 35.5 Å². The van der Waals surface area contributed by atoms with Crippen molar-refractivity contribution in [3.8, 4) is 0 Å². The Kier molecular flexibility index (Phi) is 138. The van der Waals surface area contributed by atoms with Crippen LogP contribution in [0, 0.1) is 35.5 Å². The van der Waals surface area contributed by atoms with Crippen molar-refractivity contribution in [3.63, 3.8) is 0 Å². The van der Waals surface area contributed by atoms with Crippen molar-refractivity contribution in [3.05, 3.63) is 0 Å². The van der Waals surface area contributed by atoms with Gasteiger partial charge in [0.2, 0.25) is 0 Å². The summed E-state index contributed by atoms with van der Waals surface area (Å²) >= 11 is 0. The number of rotatable bonds is 4. The first-order chi connectivity index (χ1) is 16.7. The molecule has 0 N–H and O–H groups in total. The summed E-state index contributed by atoms with van der Waals surface area (Å²) in [5, 5.41) is 0. The smallest absolute Gasteiger partial charge is 0 e. The maximum Gasteiger partial charge on any atom is 0 e. The molecule has 0 heterocycles. The second-order valence-electron chi connectivity index (χ2n) is 11.4. The van der Waals surface area contributed by atoms with E-state index in [1.54, 1.807) is 0 Å². The molecule has 3 aliphatic rings. The monoisotopic (exact) mass is 1180 g/mol. The van der Waals surface area contributed by atoms with E-state index in [-0.39, 0.29) is 108 Å². The Hall–Kier alpha value is 2.06. The van der Waals surface area contributed by atoms with Crippen LogP contribution in [0.2, 0.25) is 0 Å². The van der Waals surface area contributed by atoms with Crippen molar-refractivity contribution in [2.24, 2.45) is 35.5 Å². The van der Waals surface area contributed by atoms with Crippen molar-refractivity contribution in [2.75, 3.05) is 0 Å². The number of hydrogen-bond donors (Lipinski definition) is 0. The van der Waals surface area contributed by atoms with Gasteiger partial charge >= 0.3 is 0 Å². The van der Waals surface area contributed by atoms with Crippen molar-refractivity contribution < 1.29 is 63.2 Å². The Balaban J connectivity index is -0.0000000231. The Morgan fingerprint density at radius 2 is 0.432 bits per heavy atom. The van der Waals surface area contributed by atoms with Crippen LogP contribution >= 0.6 is 0 Å².